The Morgan fingerprint density at radius 3 is 2.70 bits per heavy atom. The van der Waals surface area contributed by atoms with E-state index >= 15 is 0 Å². The van der Waals surface area contributed by atoms with Crippen molar-refractivity contribution in [3.63, 3.8) is 0 Å². The van der Waals surface area contributed by atoms with Gasteiger partial charge < -0.3 is 16.0 Å². The van der Waals surface area contributed by atoms with Gasteiger partial charge in [-0.15, -0.1) is 0 Å². The minimum atomic E-state index is 0.0907. The molecule has 3 N–H and O–H groups in total. The van der Waals surface area contributed by atoms with E-state index in [0.29, 0.717) is 18.9 Å². The first kappa shape index (κ1) is 15.8. The van der Waals surface area contributed by atoms with Gasteiger partial charge in [-0.1, -0.05) is 26.2 Å². The van der Waals surface area contributed by atoms with Gasteiger partial charge in [-0.25, -0.2) is 0 Å². The van der Waals surface area contributed by atoms with E-state index in [2.05, 4.69) is 17.1 Å². The molecule has 1 aliphatic heterocycles. The van der Waals surface area contributed by atoms with Crippen molar-refractivity contribution in [3.8, 4) is 0 Å². The lowest BCUT2D eigenvalue weighted by molar-refractivity contribution is -0.124. The summed E-state index contributed by atoms with van der Waals surface area (Å²) in [5.41, 5.74) is 6.05. The Balaban J connectivity index is 1.72. The molecule has 2 aliphatic rings. The molecule has 1 saturated carbocycles. The van der Waals surface area contributed by atoms with E-state index < -0.39 is 0 Å². The minimum absolute atomic E-state index is 0.0907. The summed E-state index contributed by atoms with van der Waals surface area (Å²) >= 11 is 0. The number of carbonyl (C=O) groups excluding carboxylic acids is 1. The van der Waals surface area contributed by atoms with Crippen molar-refractivity contribution in [1.82, 2.24) is 10.2 Å². The lowest BCUT2D eigenvalue weighted by Gasteiger charge is -2.35. The van der Waals surface area contributed by atoms with Gasteiger partial charge in [0.05, 0.1) is 0 Å². The van der Waals surface area contributed by atoms with Crippen LogP contribution < -0.4 is 11.1 Å². The summed E-state index contributed by atoms with van der Waals surface area (Å²) in [6.45, 7) is 7.15. The maximum atomic E-state index is 12.2. The molecule has 0 spiro atoms. The number of carbonyl (C=O) groups is 1. The van der Waals surface area contributed by atoms with Crippen LogP contribution in [0.2, 0.25) is 0 Å². The molecule has 116 valence electrons. The Hall–Kier alpha value is -0.610. The number of hydrogen-bond donors (Lipinski definition) is 2. The molecule has 1 aliphatic carbocycles. The van der Waals surface area contributed by atoms with Crippen LogP contribution in [0.5, 0.6) is 0 Å². The molecule has 0 radical (unpaired) electrons. The molecular formula is C16H31N3O. The van der Waals surface area contributed by atoms with E-state index in [9.17, 15) is 4.79 Å². The first-order valence-electron chi connectivity index (χ1n) is 8.36. The third-order valence-corrected chi connectivity index (χ3v) is 5.29. The fourth-order valence-electron chi connectivity index (χ4n) is 3.78. The van der Waals surface area contributed by atoms with Gasteiger partial charge in [0, 0.05) is 19.5 Å². The molecular weight excluding hydrogens is 250 g/mol. The molecule has 1 unspecified atom stereocenters. The smallest absolute Gasteiger partial charge is 0.220 e. The van der Waals surface area contributed by atoms with Crippen molar-refractivity contribution < 1.29 is 4.79 Å². The summed E-state index contributed by atoms with van der Waals surface area (Å²) < 4.78 is 0. The Bertz CT molecular complexity index is 313. The first-order valence-corrected chi connectivity index (χ1v) is 8.36. The minimum Gasteiger partial charge on any atom is -0.356 e. The van der Waals surface area contributed by atoms with Crippen LogP contribution in [-0.2, 0) is 4.79 Å². The van der Waals surface area contributed by atoms with E-state index in [1.54, 1.807) is 0 Å². The van der Waals surface area contributed by atoms with Crippen LogP contribution >= 0.6 is 0 Å². The second kappa shape index (κ2) is 7.41. The zero-order valence-corrected chi connectivity index (χ0v) is 13.0. The molecule has 20 heavy (non-hydrogen) atoms. The van der Waals surface area contributed by atoms with Gasteiger partial charge >= 0.3 is 0 Å². The predicted octanol–water partition coefficient (Wildman–Crippen LogP) is 1.74. The second-order valence-electron chi connectivity index (χ2n) is 6.79. The molecule has 0 bridgehead atoms. The number of amides is 1. The van der Waals surface area contributed by atoms with Crippen LogP contribution in [0.1, 0.15) is 51.9 Å². The molecule has 4 heteroatoms. The van der Waals surface area contributed by atoms with Gasteiger partial charge in [0.2, 0.25) is 5.91 Å². The van der Waals surface area contributed by atoms with Crippen molar-refractivity contribution in [2.24, 2.45) is 17.1 Å². The fraction of sp³-hybridized carbons (Fsp3) is 0.938. The quantitative estimate of drug-likeness (QED) is 0.780. The van der Waals surface area contributed by atoms with Crippen LogP contribution in [-0.4, -0.2) is 43.5 Å². The van der Waals surface area contributed by atoms with Gasteiger partial charge in [-0.05, 0) is 50.2 Å². The SMILES string of the molecule is CCN1CCC(CNC(=O)CC2(CN)CCCCC2)C1. The highest BCUT2D eigenvalue weighted by Crippen LogP contribution is 2.38. The maximum Gasteiger partial charge on any atom is 0.220 e. The molecule has 1 amide bonds. The maximum absolute atomic E-state index is 12.2. The molecule has 2 rings (SSSR count). The van der Waals surface area contributed by atoms with Crippen LogP contribution in [0.15, 0.2) is 0 Å². The number of hydrogen-bond acceptors (Lipinski definition) is 3. The largest absolute Gasteiger partial charge is 0.356 e. The normalized spacial score (nSPS) is 26.6. The Labute approximate surface area is 123 Å². The van der Waals surface area contributed by atoms with Crippen LogP contribution in [0.4, 0.5) is 0 Å². The van der Waals surface area contributed by atoms with Crippen LogP contribution in [0.3, 0.4) is 0 Å². The van der Waals surface area contributed by atoms with E-state index in [4.69, 9.17) is 5.73 Å². The van der Waals surface area contributed by atoms with E-state index in [1.165, 1.54) is 32.2 Å². The van der Waals surface area contributed by atoms with Gasteiger partial charge in [0.15, 0.2) is 0 Å². The lowest BCUT2D eigenvalue weighted by Crippen LogP contribution is -2.40. The third-order valence-electron chi connectivity index (χ3n) is 5.29. The second-order valence-corrected chi connectivity index (χ2v) is 6.79. The summed E-state index contributed by atoms with van der Waals surface area (Å²) in [6, 6.07) is 0. The predicted molar refractivity (Wildman–Crippen MR) is 82.4 cm³/mol. The third kappa shape index (κ3) is 4.19. The van der Waals surface area contributed by atoms with E-state index in [0.717, 1.165) is 32.5 Å². The number of nitrogens with one attached hydrogen (secondary N) is 1. The summed E-state index contributed by atoms with van der Waals surface area (Å²) in [5.74, 6) is 0.853. The summed E-state index contributed by atoms with van der Waals surface area (Å²) in [5, 5.41) is 3.15. The number of nitrogens with two attached hydrogens (primary N) is 1. The highest BCUT2D eigenvalue weighted by Gasteiger charge is 2.33. The van der Waals surface area contributed by atoms with Crippen molar-refractivity contribution in [2.45, 2.75) is 51.9 Å². The average Bonchev–Trinajstić information content (AvgIpc) is 2.94. The zero-order valence-electron chi connectivity index (χ0n) is 13.0. The number of rotatable bonds is 6. The van der Waals surface area contributed by atoms with Gasteiger partial charge in [-0.3, -0.25) is 4.79 Å². The molecule has 0 aromatic heterocycles. The Morgan fingerprint density at radius 2 is 2.10 bits per heavy atom. The van der Waals surface area contributed by atoms with Gasteiger partial charge in [0.1, 0.15) is 0 Å². The molecule has 1 heterocycles. The zero-order chi connectivity index (χ0) is 14.4. The van der Waals surface area contributed by atoms with Gasteiger partial charge in [-0.2, -0.15) is 0 Å². The van der Waals surface area contributed by atoms with Crippen molar-refractivity contribution in [3.05, 3.63) is 0 Å². The highest BCUT2D eigenvalue weighted by molar-refractivity contribution is 5.76. The van der Waals surface area contributed by atoms with E-state index in [-0.39, 0.29) is 11.3 Å². The summed E-state index contributed by atoms with van der Waals surface area (Å²) in [4.78, 5) is 14.7. The fourth-order valence-corrected chi connectivity index (χ4v) is 3.78. The lowest BCUT2D eigenvalue weighted by atomic mass is 9.71. The molecule has 4 nitrogen and oxygen atoms in total. The van der Waals surface area contributed by atoms with Crippen molar-refractivity contribution in [2.75, 3.05) is 32.7 Å². The summed E-state index contributed by atoms with van der Waals surface area (Å²) in [7, 11) is 0. The molecule has 2 fully saturated rings. The molecule has 0 aromatic rings. The average molecular weight is 281 g/mol. The van der Waals surface area contributed by atoms with Crippen LogP contribution in [0.25, 0.3) is 0 Å². The Morgan fingerprint density at radius 1 is 1.35 bits per heavy atom. The van der Waals surface area contributed by atoms with Gasteiger partial charge in [0.25, 0.3) is 0 Å². The number of likely N-dealkylation sites (tertiary alicyclic amines) is 1. The number of nitrogens with zero attached hydrogens (tertiary/aromatic N) is 1. The molecule has 1 atom stereocenters. The first-order chi connectivity index (χ1) is 9.67. The molecule has 1 saturated heterocycles. The van der Waals surface area contributed by atoms with Crippen molar-refractivity contribution in [1.29, 1.82) is 0 Å². The monoisotopic (exact) mass is 281 g/mol. The highest BCUT2D eigenvalue weighted by atomic mass is 16.1. The Kier molecular flexibility index (Phi) is 5.85. The molecule has 0 aromatic carbocycles. The summed E-state index contributed by atoms with van der Waals surface area (Å²) in [6.07, 6.45) is 7.88. The van der Waals surface area contributed by atoms with E-state index in [1.807, 2.05) is 0 Å². The topological polar surface area (TPSA) is 58.4 Å². The standard InChI is InChI=1S/C16H31N3O/c1-2-19-9-6-14(12-19)11-18-15(20)10-16(13-17)7-4-3-5-8-16/h14H,2-13,17H2,1H3,(H,18,20). The van der Waals surface area contributed by atoms with Crippen LogP contribution in [0, 0.1) is 11.3 Å². The van der Waals surface area contributed by atoms with Crippen molar-refractivity contribution >= 4 is 5.91 Å².